The van der Waals surface area contributed by atoms with Crippen molar-refractivity contribution in [2.24, 2.45) is 0 Å². The van der Waals surface area contributed by atoms with Crippen molar-refractivity contribution in [1.29, 1.82) is 0 Å². The van der Waals surface area contributed by atoms with Crippen molar-refractivity contribution in [3.05, 3.63) is 51.5 Å². The van der Waals surface area contributed by atoms with Crippen LogP contribution >= 0.6 is 11.3 Å². The van der Waals surface area contributed by atoms with Crippen molar-refractivity contribution in [3.63, 3.8) is 0 Å². The van der Waals surface area contributed by atoms with Crippen LogP contribution in [0, 0.1) is 6.92 Å². The molecule has 2 aromatic rings. The van der Waals surface area contributed by atoms with Crippen LogP contribution < -0.4 is 5.32 Å². The highest BCUT2D eigenvalue weighted by molar-refractivity contribution is 7.09. The minimum absolute atomic E-state index is 0.0171. The van der Waals surface area contributed by atoms with Gasteiger partial charge in [0.05, 0.1) is 10.7 Å². The average molecular weight is 345 g/mol. The zero-order chi connectivity index (χ0) is 17.5. The molecule has 0 fully saturated rings. The van der Waals surface area contributed by atoms with Crippen LogP contribution in [0.4, 0.5) is 0 Å². The van der Waals surface area contributed by atoms with E-state index in [1.807, 2.05) is 24.4 Å². The van der Waals surface area contributed by atoms with Crippen molar-refractivity contribution in [2.45, 2.75) is 26.2 Å². The van der Waals surface area contributed by atoms with Gasteiger partial charge >= 0.3 is 0 Å². The smallest absolute Gasteiger partial charge is 0.253 e. The van der Waals surface area contributed by atoms with E-state index < -0.39 is 0 Å². The van der Waals surface area contributed by atoms with Gasteiger partial charge in [-0.25, -0.2) is 4.98 Å². The molecule has 128 valence electrons. The molecule has 0 aliphatic heterocycles. The van der Waals surface area contributed by atoms with Crippen LogP contribution in [0.3, 0.4) is 0 Å². The van der Waals surface area contributed by atoms with E-state index in [-0.39, 0.29) is 11.8 Å². The Balaban J connectivity index is 1.72. The van der Waals surface area contributed by atoms with E-state index in [1.54, 1.807) is 42.5 Å². The van der Waals surface area contributed by atoms with Gasteiger partial charge in [-0.15, -0.1) is 11.3 Å². The molecule has 0 aliphatic rings. The van der Waals surface area contributed by atoms with E-state index in [4.69, 9.17) is 0 Å². The molecule has 24 heavy (non-hydrogen) atoms. The summed E-state index contributed by atoms with van der Waals surface area (Å²) in [5.41, 5.74) is 2.74. The lowest BCUT2D eigenvalue weighted by molar-refractivity contribution is -0.121. The highest BCUT2D eigenvalue weighted by atomic mass is 32.1. The number of nitrogens with zero attached hydrogens (tertiary/aromatic N) is 2. The van der Waals surface area contributed by atoms with Crippen LogP contribution in [0.25, 0.3) is 0 Å². The maximum atomic E-state index is 11.9. The number of aryl methyl sites for hydroxylation is 2. The lowest BCUT2D eigenvalue weighted by atomic mass is 10.1. The van der Waals surface area contributed by atoms with Crippen molar-refractivity contribution in [2.75, 3.05) is 20.6 Å². The van der Waals surface area contributed by atoms with Crippen LogP contribution in [-0.4, -0.2) is 42.3 Å². The zero-order valence-electron chi connectivity index (χ0n) is 14.3. The maximum absolute atomic E-state index is 11.9. The van der Waals surface area contributed by atoms with Gasteiger partial charge in [-0.05, 0) is 31.0 Å². The van der Waals surface area contributed by atoms with Crippen molar-refractivity contribution >= 4 is 23.2 Å². The van der Waals surface area contributed by atoms with Crippen LogP contribution in [-0.2, 0) is 17.6 Å². The number of benzene rings is 1. The van der Waals surface area contributed by atoms with Crippen molar-refractivity contribution in [1.82, 2.24) is 15.2 Å². The molecule has 0 saturated heterocycles. The summed E-state index contributed by atoms with van der Waals surface area (Å²) < 4.78 is 0. The molecular weight excluding hydrogens is 322 g/mol. The summed E-state index contributed by atoms with van der Waals surface area (Å²) in [6, 6.07) is 7.42. The first-order valence-electron chi connectivity index (χ1n) is 7.94. The van der Waals surface area contributed by atoms with E-state index in [0.29, 0.717) is 24.9 Å². The van der Waals surface area contributed by atoms with Gasteiger partial charge in [0.25, 0.3) is 5.91 Å². The second kappa shape index (κ2) is 8.59. The largest absolute Gasteiger partial charge is 0.356 e. The van der Waals surface area contributed by atoms with Gasteiger partial charge < -0.3 is 10.2 Å². The number of thiazole rings is 1. The molecular formula is C18H23N3O2S. The molecule has 0 atom stereocenters. The van der Waals surface area contributed by atoms with Crippen molar-refractivity contribution in [3.8, 4) is 0 Å². The molecule has 0 aliphatic carbocycles. The first-order valence-corrected chi connectivity index (χ1v) is 8.82. The lowest BCUT2D eigenvalue weighted by Gasteiger charge is -2.10. The number of aromatic nitrogens is 1. The Labute approximate surface area is 146 Å². The fourth-order valence-electron chi connectivity index (χ4n) is 2.27. The van der Waals surface area contributed by atoms with Crippen molar-refractivity contribution < 1.29 is 9.59 Å². The Morgan fingerprint density at radius 3 is 2.46 bits per heavy atom. The average Bonchev–Trinajstić information content (AvgIpc) is 2.98. The summed E-state index contributed by atoms with van der Waals surface area (Å²) in [6.07, 6.45) is 1.87. The summed E-state index contributed by atoms with van der Waals surface area (Å²) >= 11 is 1.62. The van der Waals surface area contributed by atoms with Gasteiger partial charge in [0.2, 0.25) is 5.91 Å². The Bertz CT molecular complexity index is 693. The molecule has 1 aromatic carbocycles. The van der Waals surface area contributed by atoms with Crippen LogP contribution in [0.1, 0.15) is 33.0 Å². The number of amides is 2. The Kier molecular flexibility index (Phi) is 6.49. The SMILES string of the molecule is Cc1nc(CCNC(=O)CCc2ccc(C(=O)N(C)C)cc2)cs1. The van der Waals surface area contributed by atoms with E-state index >= 15 is 0 Å². The summed E-state index contributed by atoms with van der Waals surface area (Å²) in [7, 11) is 3.46. The summed E-state index contributed by atoms with van der Waals surface area (Å²) in [5.74, 6) is 0.0203. The third kappa shape index (κ3) is 5.45. The van der Waals surface area contributed by atoms with Gasteiger partial charge in [0, 0.05) is 44.4 Å². The molecule has 1 heterocycles. The second-order valence-corrected chi connectivity index (χ2v) is 6.92. The normalized spacial score (nSPS) is 10.5. The highest BCUT2D eigenvalue weighted by Gasteiger charge is 2.08. The fourth-order valence-corrected chi connectivity index (χ4v) is 2.92. The zero-order valence-corrected chi connectivity index (χ0v) is 15.2. The Morgan fingerprint density at radius 2 is 1.88 bits per heavy atom. The molecule has 0 bridgehead atoms. The molecule has 0 unspecified atom stereocenters. The molecule has 0 saturated carbocycles. The molecule has 5 nitrogen and oxygen atoms in total. The van der Waals surface area contributed by atoms with Gasteiger partial charge in [0.1, 0.15) is 0 Å². The van der Waals surface area contributed by atoms with Gasteiger partial charge in [-0.3, -0.25) is 9.59 Å². The van der Waals surface area contributed by atoms with E-state index in [9.17, 15) is 9.59 Å². The number of nitrogens with one attached hydrogen (secondary N) is 1. The quantitative estimate of drug-likeness (QED) is 0.838. The molecule has 1 N–H and O–H groups in total. The van der Waals surface area contributed by atoms with E-state index in [2.05, 4.69) is 10.3 Å². The maximum Gasteiger partial charge on any atom is 0.253 e. The molecule has 2 rings (SSSR count). The molecule has 2 amide bonds. The Morgan fingerprint density at radius 1 is 1.17 bits per heavy atom. The summed E-state index contributed by atoms with van der Waals surface area (Å²) in [4.78, 5) is 29.6. The van der Waals surface area contributed by atoms with E-state index in [0.717, 1.165) is 22.7 Å². The molecule has 6 heteroatoms. The number of hydrogen-bond donors (Lipinski definition) is 1. The first-order chi connectivity index (χ1) is 11.5. The third-order valence-electron chi connectivity index (χ3n) is 3.62. The molecule has 1 aromatic heterocycles. The van der Waals surface area contributed by atoms with E-state index in [1.165, 1.54) is 0 Å². The van der Waals surface area contributed by atoms with Gasteiger partial charge in [-0.1, -0.05) is 12.1 Å². The number of carbonyl (C=O) groups is 2. The third-order valence-corrected chi connectivity index (χ3v) is 4.44. The van der Waals surface area contributed by atoms with Crippen LogP contribution in [0.5, 0.6) is 0 Å². The monoisotopic (exact) mass is 345 g/mol. The molecule has 0 spiro atoms. The second-order valence-electron chi connectivity index (χ2n) is 5.85. The van der Waals surface area contributed by atoms with Crippen LogP contribution in [0.2, 0.25) is 0 Å². The van der Waals surface area contributed by atoms with Gasteiger partial charge in [0.15, 0.2) is 0 Å². The number of carbonyl (C=O) groups excluding carboxylic acids is 2. The topological polar surface area (TPSA) is 62.3 Å². The minimum atomic E-state index is -0.0171. The first kappa shape index (κ1) is 18.1. The minimum Gasteiger partial charge on any atom is -0.356 e. The lowest BCUT2D eigenvalue weighted by Crippen LogP contribution is -2.26. The predicted molar refractivity (Wildman–Crippen MR) is 96.3 cm³/mol. The number of hydrogen-bond acceptors (Lipinski definition) is 4. The predicted octanol–water partition coefficient (Wildman–Crippen LogP) is 2.44. The summed E-state index contributed by atoms with van der Waals surface area (Å²) in [5, 5.41) is 5.99. The summed E-state index contributed by atoms with van der Waals surface area (Å²) in [6.45, 7) is 2.59. The highest BCUT2D eigenvalue weighted by Crippen LogP contribution is 2.09. The fraction of sp³-hybridized carbons (Fsp3) is 0.389. The molecule has 0 radical (unpaired) electrons. The number of rotatable bonds is 7. The Hall–Kier alpha value is -2.21. The van der Waals surface area contributed by atoms with Gasteiger partial charge in [-0.2, -0.15) is 0 Å². The standard InChI is InChI=1S/C18H23N3O2S/c1-13-20-16(12-24-13)10-11-19-17(22)9-6-14-4-7-15(8-5-14)18(23)21(2)3/h4-5,7-8,12H,6,9-11H2,1-3H3,(H,19,22). The van der Waals surface area contributed by atoms with Crippen LogP contribution in [0.15, 0.2) is 29.6 Å².